The summed E-state index contributed by atoms with van der Waals surface area (Å²) in [6.07, 6.45) is 5.93. The van der Waals surface area contributed by atoms with E-state index in [1.807, 2.05) is 0 Å². The van der Waals surface area contributed by atoms with E-state index in [0.717, 1.165) is 18.3 Å². The Bertz CT molecular complexity index is 500. The van der Waals surface area contributed by atoms with Crippen molar-refractivity contribution in [3.05, 3.63) is 42.0 Å². The molecular weight excluding hydrogens is 212 g/mol. The molecule has 0 amide bonds. The van der Waals surface area contributed by atoms with Crippen LogP contribution in [0.25, 0.3) is 5.69 Å². The third-order valence-corrected chi connectivity index (χ3v) is 3.17. The van der Waals surface area contributed by atoms with Crippen LogP contribution >= 0.6 is 0 Å². The van der Waals surface area contributed by atoms with Crippen LogP contribution in [0, 0.1) is 6.92 Å². The summed E-state index contributed by atoms with van der Waals surface area (Å²) in [6, 6.07) is 7.16. The van der Waals surface area contributed by atoms with Crippen molar-refractivity contribution in [1.29, 1.82) is 0 Å². The fraction of sp³-hybridized carbons (Fsp3) is 0.385. The van der Waals surface area contributed by atoms with Gasteiger partial charge in [-0.25, -0.2) is 9.67 Å². The molecule has 1 saturated carbocycles. The van der Waals surface area contributed by atoms with E-state index in [-0.39, 0.29) is 0 Å². The third kappa shape index (κ3) is 2.36. The van der Waals surface area contributed by atoms with Gasteiger partial charge in [0.1, 0.15) is 12.7 Å². The largest absolute Gasteiger partial charge is 0.310 e. The Hall–Kier alpha value is -1.68. The first-order valence-electron chi connectivity index (χ1n) is 6.01. The van der Waals surface area contributed by atoms with Gasteiger partial charge in [0, 0.05) is 12.6 Å². The molecule has 1 aromatic heterocycles. The molecule has 0 aliphatic heterocycles. The number of hydrogen-bond acceptors (Lipinski definition) is 3. The van der Waals surface area contributed by atoms with Gasteiger partial charge in [-0.1, -0.05) is 6.07 Å². The summed E-state index contributed by atoms with van der Waals surface area (Å²) in [7, 11) is 0. The Labute approximate surface area is 101 Å². The highest BCUT2D eigenvalue weighted by Crippen LogP contribution is 2.20. The average Bonchev–Trinajstić information content (AvgIpc) is 3.00. The van der Waals surface area contributed by atoms with Crippen LogP contribution in [0.2, 0.25) is 0 Å². The average molecular weight is 228 g/mol. The number of benzene rings is 1. The van der Waals surface area contributed by atoms with E-state index < -0.39 is 0 Å². The number of aryl methyl sites for hydroxylation is 1. The molecule has 1 aliphatic rings. The zero-order valence-electron chi connectivity index (χ0n) is 9.93. The van der Waals surface area contributed by atoms with Gasteiger partial charge in [0.05, 0.1) is 5.69 Å². The van der Waals surface area contributed by atoms with Gasteiger partial charge in [-0.15, -0.1) is 0 Å². The van der Waals surface area contributed by atoms with Gasteiger partial charge in [0.2, 0.25) is 0 Å². The summed E-state index contributed by atoms with van der Waals surface area (Å²) in [5.41, 5.74) is 3.72. The van der Waals surface area contributed by atoms with Crippen LogP contribution in [0.5, 0.6) is 0 Å². The Kier molecular flexibility index (Phi) is 2.65. The molecule has 4 heteroatoms. The van der Waals surface area contributed by atoms with Crippen molar-refractivity contribution >= 4 is 0 Å². The molecule has 0 spiro atoms. The lowest BCUT2D eigenvalue weighted by Gasteiger charge is -2.09. The number of nitrogens with zero attached hydrogens (tertiary/aromatic N) is 3. The topological polar surface area (TPSA) is 42.7 Å². The van der Waals surface area contributed by atoms with Crippen LogP contribution in [0.15, 0.2) is 30.9 Å². The molecule has 0 atom stereocenters. The van der Waals surface area contributed by atoms with E-state index in [0.29, 0.717) is 0 Å². The van der Waals surface area contributed by atoms with Gasteiger partial charge in [-0.2, -0.15) is 5.10 Å². The van der Waals surface area contributed by atoms with E-state index >= 15 is 0 Å². The zero-order valence-corrected chi connectivity index (χ0v) is 9.93. The van der Waals surface area contributed by atoms with Gasteiger partial charge in [0.15, 0.2) is 0 Å². The molecule has 17 heavy (non-hydrogen) atoms. The fourth-order valence-corrected chi connectivity index (χ4v) is 1.90. The van der Waals surface area contributed by atoms with E-state index in [9.17, 15) is 0 Å². The minimum absolute atomic E-state index is 0.754. The second-order valence-electron chi connectivity index (χ2n) is 4.61. The lowest BCUT2D eigenvalue weighted by atomic mass is 10.1. The van der Waals surface area contributed by atoms with Gasteiger partial charge in [0.25, 0.3) is 0 Å². The highest BCUT2D eigenvalue weighted by atomic mass is 15.3. The number of nitrogens with one attached hydrogen (secondary N) is 1. The molecule has 1 aromatic carbocycles. The first kappa shape index (κ1) is 10.5. The maximum absolute atomic E-state index is 4.13. The normalized spacial score (nSPS) is 15.1. The highest BCUT2D eigenvalue weighted by Gasteiger charge is 2.20. The predicted molar refractivity (Wildman–Crippen MR) is 66.0 cm³/mol. The van der Waals surface area contributed by atoms with Gasteiger partial charge < -0.3 is 5.32 Å². The van der Waals surface area contributed by atoms with E-state index in [4.69, 9.17) is 0 Å². The smallest absolute Gasteiger partial charge is 0.138 e. The first-order chi connectivity index (χ1) is 8.33. The minimum atomic E-state index is 0.754. The molecular formula is C13H16N4. The van der Waals surface area contributed by atoms with Gasteiger partial charge in [-0.05, 0) is 43.0 Å². The molecule has 0 saturated heterocycles. The molecule has 2 aromatic rings. The summed E-state index contributed by atoms with van der Waals surface area (Å²) in [5, 5.41) is 7.66. The summed E-state index contributed by atoms with van der Waals surface area (Å²) >= 11 is 0. The van der Waals surface area contributed by atoms with Crippen LogP contribution < -0.4 is 5.32 Å². The molecule has 0 unspecified atom stereocenters. The van der Waals surface area contributed by atoms with Crippen LogP contribution in [-0.2, 0) is 6.54 Å². The quantitative estimate of drug-likeness (QED) is 0.868. The maximum Gasteiger partial charge on any atom is 0.138 e. The number of hydrogen-bond donors (Lipinski definition) is 1. The highest BCUT2D eigenvalue weighted by molar-refractivity contribution is 5.39. The lowest BCUT2D eigenvalue weighted by molar-refractivity contribution is 0.685. The molecule has 88 valence electrons. The molecule has 3 rings (SSSR count). The molecule has 1 aliphatic carbocycles. The van der Waals surface area contributed by atoms with Crippen molar-refractivity contribution in [1.82, 2.24) is 20.1 Å². The fourth-order valence-electron chi connectivity index (χ4n) is 1.90. The Morgan fingerprint density at radius 1 is 1.41 bits per heavy atom. The summed E-state index contributed by atoms with van der Waals surface area (Å²) in [5.74, 6) is 0. The predicted octanol–water partition coefficient (Wildman–Crippen LogP) is 1.83. The summed E-state index contributed by atoms with van der Waals surface area (Å²) < 4.78 is 1.78. The van der Waals surface area contributed by atoms with Crippen molar-refractivity contribution in [3.8, 4) is 5.69 Å². The van der Waals surface area contributed by atoms with E-state index in [2.05, 4.69) is 40.5 Å². The van der Waals surface area contributed by atoms with Crippen molar-refractivity contribution in [2.24, 2.45) is 0 Å². The lowest BCUT2D eigenvalue weighted by Crippen LogP contribution is -2.16. The Morgan fingerprint density at radius 3 is 2.94 bits per heavy atom. The molecule has 4 nitrogen and oxygen atoms in total. The van der Waals surface area contributed by atoms with Crippen molar-refractivity contribution in [3.63, 3.8) is 0 Å². The van der Waals surface area contributed by atoms with Gasteiger partial charge >= 0.3 is 0 Å². The second kappa shape index (κ2) is 4.30. The SMILES string of the molecule is Cc1cc(-n2cncn2)ccc1CNC1CC1. The van der Waals surface area contributed by atoms with Crippen LogP contribution in [0.4, 0.5) is 0 Å². The van der Waals surface area contributed by atoms with Crippen LogP contribution in [-0.4, -0.2) is 20.8 Å². The van der Waals surface area contributed by atoms with Crippen LogP contribution in [0.3, 0.4) is 0 Å². The summed E-state index contributed by atoms with van der Waals surface area (Å²) in [6.45, 7) is 3.11. The Balaban J connectivity index is 1.78. The maximum atomic E-state index is 4.13. The molecule has 1 heterocycles. The van der Waals surface area contributed by atoms with Gasteiger partial charge in [-0.3, -0.25) is 0 Å². The standard InChI is InChI=1S/C13H16N4/c1-10-6-13(17-9-14-8-16-17)5-2-11(10)7-15-12-3-4-12/h2,5-6,8-9,12,15H,3-4,7H2,1H3. The van der Waals surface area contributed by atoms with Crippen molar-refractivity contribution in [2.75, 3.05) is 0 Å². The number of aromatic nitrogens is 3. The number of rotatable bonds is 4. The van der Waals surface area contributed by atoms with E-state index in [1.165, 1.54) is 24.0 Å². The molecule has 0 bridgehead atoms. The molecule has 1 N–H and O–H groups in total. The zero-order chi connectivity index (χ0) is 11.7. The first-order valence-corrected chi connectivity index (χ1v) is 6.01. The second-order valence-corrected chi connectivity index (χ2v) is 4.61. The molecule has 0 radical (unpaired) electrons. The monoisotopic (exact) mass is 228 g/mol. The van der Waals surface area contributed by atoms with E-state index in [1.54, 1.807) is 17.3 Å². The third-order valence-electron chi connectivity index (χ3n) is 3.17. The van der Waals surface area contributed by atoms with Crippen molar-refractivity contribution in [2.45, 2.75) is 32.4 Å². The summed E-state index contributed by atoms with van der Waals surface area (Å²) in [4.78, 5) is 3.96. The Morgan fingerprint density at radius 2 is 2.29 bits per heavy atom. The van der Waals surface area contributed by atoms with Crippen molar-refractivity contribution < 1.29 is 0 Å². The van der Waals surface area contributed by atoms with Crippen LogP contribution in [0.1, 0.15) is 24.0 Å². The minimum Gasteiger partial charge on any atom is -0.310 e. The molecule has 1 fully saturated rings.